The highest BCUT2D eigenvalue weighted by Gasteiger charge is 2.35. The molecule has 1 N–H and O–H groups in total. The van der Waals surface area contributed by atoms with Gasteiger partial charge in [-0.2, -0.15) is 0 Å². The molecule has 2 rings (SSSR count). The van der Waals surface area contributed by atoms with Crippen LogP contribution in [0.15, 0.2) is 0 Å². The van der Waals surface area contributed by atoms with Crippen molar-refractivity contribution in [1.29, 1.82) is 0 Å². The number of rotatable bonds is 1. The Morgan fingerprint density at radius 2 is 1.64 bits per heavy atom. The highest BCUT2D eigenvalue weighted by Crippen LogP contribution is 2.32. The van der Waals surface area contributed by atoms with E-state index in [-0.39, 0.29) is 6.10 Å². The molecular weight excluding hydrogens is 174 g/mol. The first-order chi connectivity index (χ1) is 6.81. The van der Waals surface area contributed by atoms with E-state index >= 15 is 0 Å². The van der Waals surface area contributed by atoms with Gasteiger partial charge >= 0.3 is 0 Å². The van der Waals surface area contributed by atoms with Gasteiger partial charge in [-0.25, -0.2) is 0 Å². The monoisotopic (exact) mass is 197 g/mol. The topological polar surface area (TPSA) is 23.5 Å². The van der Waals surface area contributed by atoms with E-state index in [4.69, 9.17) is 0 Å². The minimum Gasteiger partial charge on any atom is -0.392 e. The predicted molar refractivity (Wildman–Crippen MR) is 58.2 cm³/mol. The Morgan fingerprint density at radius 1 is 1.07 bits per heavy atom. The summed E-state index contributed by atoms with van der Waals surface area (Å²) in [5.74, 6) is 1.13. The van der Waals surface area contributed by atoms with E-state index in [1.807, 2.05) is 0 Å². The predicted octanol–water partition coefficient (Wildman–Crippen LogP) is 1.88. The number of hydrogen-bond donors (Lipinski definition) is 1. The van der Waals surface area contributed by atoms with Crippen LogP contribution < -0.4 is 0 Å². The molecular formula is C12H23NO. The average Bonchev–Trinajstić information content (AvgIpc) is 2.22. The third-order valence-corrected chi connectivity index (χ3v) is 4.05. The van der Waals surface area contributed by atoms with E-state index in [2.05, 4.69) is 11.8 Å². The molecule has 2 fully saturated rings. The van der Waals surface area contributed by atoms with E-state index < -0.39 is 0 Å². The fourth-order valence-electron chi connectivity index (χ4n) is 3.11. The molecule has 3 atom stereocenters. The fourth-order valence-corrected chi connectivity index (χ4v) is 3.11. The van der Waals surface area contributed by atoms with Crippen molar-refractivity contribution in [3.8, 4) is 0 Å². The summed E-state index contributed by atoms with van der Waals surface area (Å²) < 4.78 is 0. The van der Waals surface area contributed by atoms with Gasteiger partial charge in [0.1, 0.15) is 0 Å². The van der Waals surface area contributed by atoms with E-state index in [0.29, 0.717) is 11.8 Å². The van der Waals surface area contributed by atoms with Gasteiger partial charge in [0.15, 0.2) is 0 Å². The Morgan fingerprint density at radius 3 is 2.14 bits per heavy atom. The summed E-state index contributed by atoms with van der Waals surface area (Å²) in [5.41, 5.74) is 0. The fraction of sp³-hybridized carbons (Fsp3) is 1.00. The normalized spacial score (nSPS) is 40.3. The maximum absolute atomic E-state index is 10.2. The summed E-state index contributed by atoms with van der Waals surface area (Å²) in [6.45, 7) is 5.65. The summed E-state index contributed by atoms with van der Waals surface area (Å²) >= 11 is 0. The lowest BCUT2D eigenvalue weighted by atomic mass is 9.78. The number of likely N-dealkylation sites (tertiary alicyclic amines) is 1. The van der Waals surface area contributed by atoms with Crippen molar-refractivity contribution in [2.75, 3.05) is 19.6 Å². The van der Waals surface area contributed by atoms with Crippen LogP contribution in [0.3, 0.4) is 0 Å². The Labute approximate surface area is 87.3 Å². The largest absolute Gasteiger partial charge is 0.392 e. The van der Waals surface area contributed by atoms with Crippen molar-refractivity contribution < 1.29 is 5.11 Å². The van der Waals surface area contributed by atoms with E-state index in [1.54, 1.807) is 0 Å². The molecule has 0 aromatic carbocycles. The molecule has 14 heavy (non-hydrogen) atoms. The lowest BCUT2D eigenvalue weighted by Gasteiger charge is -2.42. The van der Waals surface area contributed by atoms with Crippen molar-refractivity contribution in [3.63, 3.8) is 0 Å². The van der Waals surface area contributed by atoms with Crippen molar-refractivity contribution in [3.05, 3.63) is 0 Å². The van der Waals surface area contributed by atoms with Gasteiger partial charge in [-0.1, -0.05) is 26.2 Å². The maximum atomic E-state index is 10.2. The molecule has 2 bridgehead atoms. The molecule has 1 saturated heterocycles. The van der Waals surface area contributed by atoms with Crippen molar-refractivity contribution in [2.45, 2.75) is 45.1 Å². The smallest absolute Gasteiger partial charge is 0.0620 e. The van der Waals surface area contributed by atoms with Crippen LogP contribution in [-0.4, -0.2) is 35.7 Å². The molecule has 0 amide bonds. The second-order valence-electron chi connectivity index (χ2n) is 5.00. The molecule has 1 aliphatic heterocycles. The van der Waals surface area contributed by atoms with Crippen LogP contribution in [0.5, 0.6) is 0 Å². The molecule has 0 aromatic heterocycles. The van der Waals surface area contributed by atoms with Crippen LogP contribution in [0.4, 0.5) is 0 Å². The third-order valence-electron chi connectivity index (χ3n) is 4.05. The molecule has 0 spiro atoms. The molecule has 2 aliphatic rings. The summed E-state index contributed by atoms with van der Waals surface area (Å²) in [4.78, 5) is 2.52. The van der Waals surface area contributed by atoms with Gasteiger partial charge in [-0.3, -0.25) is 0 Å². The molecule has 82 valence electrons. The van der Waals surface area contributed by atoms with Gasteiger partial charge in [0.05, 0.1) is 6.10 Å². The van der Waals surface area contributed by atoms with E-state index in [1.165, 1.54) is 32.1 Å². The van der Waals surface area contributed by atoms with Crippen molar-refractivity contribution >= 4 is 0 Å². The molecule has 0 radical (unpaired) electrons. The first kappa shape index (κ1) is 10.4. The molecule has 2 nitrogen and oxygen atoms in total. The molecule has 1 heterocycles. The number of aliphatic hydroxyl groups excluding tert-OH is 1. The van der Waals surface area contributed by atoms with Gasteiger partial charge in [-0.15, -0.1) is 0 Å². The summed E-state index contributed by atoms with van der Waals surface area (Å²) in [6.07, 6.45) is 6.52. The summed E-state index contributed by atoms with van der Waals surface area (Å²) in [5, 5.41) is 10.2. The summed E-state index contributed by atoms with van der Waals surface area (Å²) in [7, 11) is 0. The Hall–Kier alpha value is -0.0800. The number of nitrogens with zero attached hydrogens (tertiary/aromatic N) is 1. The maximum Gasteiger partial charge on any atom is 0.0620 e. The minimum absolute atomic E-state index is 0.00176. The van der Waals surface area contributed by atoms with Crippen LogP contribution in [0.1, 0.15) is 39.0 Å². The second-order valence-corrected chi connectivity index (χ2v) is 5.00. The highest BCUT2D eigenvalue weighted by molar-refractivity contribution is 4.87. The molecule has 1 saturated carbocycles. The van der Waals surface area contributed by atoms with E-state index in [9.17, 15) is 5.11 Å². The molecule has 1 unspecified atom stereocenters. The molecule has 2 heteroatoms. The van der Waals surface area contributed by atoms with Gasteiger partial charge in [0.2, 0.25) is 0 Å². The van der Waals surface area contributed by atoms with Crippen LogP contribution in [0, 0.1) is 11.8 Å². The Bertz CT molecular complexity index is 167. The van der Waals surface area contributed by atoms with Crippen molar-refractivity contribution in [1.82, 2.24) is 4.90 Å². The SMILES string of the molecule is CCN1C[C@H]2CCCCC[C@@H](C1)C2O. The first-order valence-electron chi connectivity index (χ1n) is 6.21. The summed E-state index contributed by atoms with van der Waals surface area (Å²) in [6, 6.07) is 0. The average molecular weight is 197 g/mol. The zero-order valence-corrected chi connectivity index (χ0v) is 9.28. The van der Waals surface area contributed by atoms with Crippen LogP contribution in [-0.2, 0) is 0 Å². The van der Waals surface area contributed by atoms with E-state index in [0.717, 1.165) is 19.6 Å². The number of aliphatic hydroxyl groups is 1. The second kappa shape index (κ2) is 4.63. The lowest BCUT2D eigenvalue weighted by Crippen LogP contribution is -2.49. The minimum atomic E-state index is -0.00176. The number of piperidine rings is 1. The zero-order valence-electron chi connectivity index (χ0n) is 9.28. The highest BCUT2D eigenvalue weighted by atomic mass is 16.3. The Balaban J connectivity index is 2.02. The van der Waals surface area contributed by atoms with Gasteiger partial charge in [0, 0.05) is 13.1 Å². The van der Waals surface area contributed by atoms with Crippen LogP contribution in [0.2, 0.25) is 0 Å². The standard InChI is InChI=1S/C12H23NO/c1-2-13-8-10-6-4-3-5-7-11(9-13)12(10)14/h10-12,14H,2-9H2,1H3/t10-,11+,12?. The number of hydrogen-bond acceptors (Lipinski definition) is 2. The third kappa shape index (κ3) is 2.12. The van der Waals surface area contributed by atoms with Crippen molar-refractivity contribution in [2.24, 2.45) is 11.8 Å². The van der Waals surface area contributed by atoms with Gasteiger partial charge < -0.3 is 10.0 Å². The molecule has 1 aliphatic carbocycles. The first-order valence-corrected chi connectivity index (χ1v) is 6.21. The Kier molecular flexibility index (Phi) is 3.45. The van der Waals surface area contributed by atoms with Crippen LogP contribution in [0.25, 0.3) is 0 Å². The lowest BCUT2D eigenvalue weighted by molar-refractivity contribution is -0.0329. The quantitative estimate of drug-likeness (QED) is 0.694. The molecule has 0 aromatic rings. The van der Waals surface area contributed by atoms with Gasteiger partial charge in [0.25, 0.3) is 0 Å². The number of fused-ring (bicyclic) bond motifs is 2. The van der Waals surface area contributed by atoms with Crippen LogP contribution >= 0.6 is 0 Å². The van der Waals surface area contributed by atoms with Gasteiger partial charge in [-0.05, 0) is 31.2 Å². The zero-order chi connectivity index (χ0) is 9.97.